The lowest BCUT2D eigenvalue weighted by Gasteiger charge is -2.34. The highest BCUT2D eigenvalue weighted by Crippen LogP contribution is 2.16. The number of nitrogens with zero attached hydrogens (tertiary/aromatic N) is 4. The number of hydrogen-bond donors (Lipinski definition) is 1. The minimum Gasteiger partial charge on any atom is -0.398 e. The van der Waals surface area contributed by atoms with Crippen molar-refractivity contribution in [2.45, 2.75) is 6.54 Å². The molecule has 0 saturated carbocycles. The van der Waals surface area contributed by atoms with Crippen molar-refractivity contribution in [1.82, 2.24) is 19.2 Å². The van der Waals surface area contributed by atoms with Crippen LogP contribution in [-0.4, -0.2) is 51.3 Å². The number of benzene rings is 1. The minimum atomic E-state index is 0. The van der Waals surface area contributed by atoms with Gasteiger partial charge in [-0.15, -0.1) is 24.8 Å². The van der Waals surface area contributed by atoms with Gasteiger partial charge in [-0.25, -0.2) is 4.98 Å². The zero-order valence-corrected chi connectivity index (χ0v) is 16.5. The van der Waals surface area contributed by atoms with Crippen LogP contribution in [0.25, 0.3) is 5.65 Å². The molecule has 8 heteroatoms. The van der Waals surface area contributed by atoms with Gasteiger partial charge in [0.2, 0.25) is 0 Å². The lowest BCUT2D eigenvalue weighted by Crippen LogP contribution is -2.48. The number of nitrogen functional groups attached to an aromatic ring is 1. The number of carbonyl (C=O) groups excluding carboxylic acids is 1. The number of rotatable bonds is 3. The lowest BCUT2D eigenvalue weighted by molar-refractivity contribution is 0.0628. The number of nitrogens with two attached hydrogens (primary N) is 1. The Morgan fingerprint density at radius 2 is 1.70 bits per heavy atom. The van der Waals surface area contributed by atoms with Crippen molar-refractivity contribution in [3.8, 4) is 0 Å². The van der Waals surface area contributed by atoms with Crippen LogP contribution in [0.15, 0.2) is 54.9 Å². The molecule has 0 atom stereocenters. The third-order valence-corrected chi connectivity index (χ3v) is 4.65. The largest absolute Gasteiger partial charge is 0.398 e. The molecule has 0 unspecified atom stereocenters. The van der Waals surface area contributed by atoms with Gasteiger partial charge in [0.05, 0.1) is 11.3 Å². The summed E-state index contributed by atoms with van der Waals surface area (Å²) in [5.41, 5.74) is 9.08. The van der Waals surface area contributed by atoms with Gasteiger partial charge in [0.1, 0.15) is 5.65 Å². The summed E-state index contributed by atoms with van der Waals surface area (Å²) in [5, 5.41) is 0. The van der Waals surface area contributed by atoms with Crippen LogP contribution in [0.1, 0.15) is 16.1 Å². The molecule has 1 aromatic carbocycles. The molecule has 3 aromatic rings. The van der Waals surface area contributed by atoms with E-state index >= 15 is 0 Å². The summed E-state index contributed by atoms with van der Waals surface area (Å²) in [7, 11) is 0. The number of hydrogen-bond acceptors (Lipinski definition) is 4. The van der Waals surface area contributed by atoms with E-state index < -0.39 is 0 Å². The van der Waals surface area contributed by atoms with Gasteiger partial charge in [0.25, 0.3) is 5.91 Å². The molecular formula is C19H23Cl2N5O. The molecular weight excluding hydrogens is 385 g/mol. The molecule has 1 fully saturated rings. The Hall–Kier alpha value is -2.28. The first kappa shape index (κ1) is 21.0. The van der Waals surface area contributed by atoms with E-state index in [1.807, 2.05) is 45.8 Å². The van der Waals surface area contributed by atoms with E-state index in [2.05, 4.69) is 16.1 Å². The van der Waals surface area contributed by atoms with Gasteiger partial charge in [0, 0.05) is 50.8 Å². The van der Waals surface area contributed by atoms with E-state index in [9.17, 15) is 4.79 Å². The summed E-state index contributed by atoms with van der Waals surface area (Å²) in [6.07, 6.45) is 4.07. The number of aromatic nitrogens is 2. The maximum absolute atomic E-state index is 12.6. The van der Waals surface area contributed by atoms with Crippen molar-refractivity contribution in [2.75, 3.05) is 31.9 Å². The van der Waals surface area contributed by atoms with Gasteiger partial charge in [-0.05, 0) is 24.3 Å². The fraction of sp³-hybridized carbons (Fsp3) is 0.263. The zero-order chi connectivity index (χ0) is 17.2. The lowest BCUT2D eigenvalue weighted by atomic mass is 10.1. The highest BCUT2D eigenvalue weighted by molar-refractivity contribution is 5.99. The maximum atomic E-state index is 12.6. The number of imidazole rings is 1. The molecule has 0 spiro atoms. The van der Waals surface area contributed by atoms with Crippen molar-refractivity contribution in [1.29, 1.82) is 0 Å². The predicted molar refractivity (Wildman–Crippen MR) is 112 cm³/mol. The average Bonchev–Trinajstić information content (AvgIpc) is 3.04. The number of fused-ring (bicyclic) bond motifs is 1. The van der Waals surface area contributed by atoms with Crippen LogP contribution in [0.2, 0.25) is 0 Å². The summed E-state index contributed by atoms with van der Waals surface area (Å²) < 4.78 is 2.04. The SMILES string of the molecule is Cl.Cl.Nc1ccccc1C(=O)N1CCN(Cc2cn3ccccc3n2)CC1. The third-order valence-electron chi connectivity index (χ3n) is 4.65. The number of para-hydroxylation sites is 1. The number of piperazine rings is 1. The number of halogens is 2. The average molecular weight is 408 g/mol. The second-order valence-electron chi connectivity index (χ2n) is 6.35. The Labute approximate surface area is 170 Å². The second-order valence-corrected chi connectivity index (χ2v) is 6.35. The molecule has 1 aliphatic rings. The molecule has 0 aliphatic carbocycles. The molecule has 27 heavy (non-hydrogen) atoms. The van der Waals surface area contributed by atoms with Gasteiger partial charge in [0.15, 0.2) is 0 Å². The normalized spacial score (nSPS) is 14.4. The van der Waals surface area contributed by atoms with Crippen LogP contribution in [0.3, 0.4) is 0 Å². The number of anilines is 1. The molecule has 6 nitrogen and oxygen atoms in total. The fourth-order valence-electron chi connectivity index (χ4n) is 3.26. The summed E-state index contributed by atoms with van der Waals surface area (Å²) in [4.78, 5) is 21.5. The van der Waals surface area contributed by atoms with Crippen LogP contribution < -0.4 is 5.73 Å². The maximum Gasteiger partial charge on any atom is 0.256 e. The van der Waals surface area contributed by atoms with Crippen LogP contribution in [0, 0.1) is 0 Å². The molecule has 1 amide bonds. The third kappa shape index (κ3) is 4.53. The van der Waals surface area contributed by atoms with E-state index in [4.69, 9.17) is 5.73 Å². The molecule has 2 N–H and O–H groups in total. The Morgan fingerprint density at radius 3 is 2.41 bits per heavy atom. The first-order valence-corrected chi connectivity index (χ1v) is 8.49. The van der Waals surface area contributed by atoms with Crippen LogP contribution in [0.5, 0.6) is 0 Å². The highest BCUT2D eigenvalue weighted by atomic mass is 35.5. The number of pyridine rings is 1. The van der Waals surface area contributed by atoms with Crippen molar-refractivity contribution >= 4 is 42.1 Å². The van der Waals surface area contributed by atoms with E-state index in [0.717, 1.165) is 31.0 Å². The van der Waals surface area contributed by atoms with Gasteiger partial charge in [-0.3, -0.25) is 9.69 Å². The van der Waals surface area contributed by atoms with Crippen molar-refractivity contribution in [3.05, 3.63) is 66.1 Å². The zero-order valence-electron chi connectivity index (χ0n) is 14.8. The first-order valence-electron chi connectivity index (χ1n) is 8.49. The van der Waals surface area contributed by atoms with Gasteiger partial charge in [-0.1, -0.05) is 18.2 Å². The van der Waals surface area contributed by atoms with Gasteiger partial charge < -0.3 is 15.0 Å². The Morgan fingerprint density at radius 1 is 1.00 bits per heavy atom. The van der Waals surface area contributed by atoms with Gasteiger partial charge in [-0.2, -0.15) is 0 Å². The number of carbonyl (C=O) groups is 1. The molecule has 1 saturated heterocycles. The summed E-state index contributed by atoms with van der Waals surface area (Å²) in [6.45, 7) is 3.90. The molecule has 0 radical (unpaired) electrons. The highest BCUT2D eigenvalue weighted by Gasteiger charge is 2.23. The quantitative estimate of drug-likeness (QED) is 0.677. The smallest absolute Gasteiger partial charge is 0.256 e. The molecule has 2 aromatic heterocycles. The minimum absolute atomic E-state index is 0. The molecule has 144 valence electrons. The summed E-state index contributed by atoms with van der Waals surface area (Å²) >= 11 is 0. The van der Waals surface area contributed by atoms with Crippen molar-refractivity contribution in [2.24, 2.45) is 0 Å². The monoisotopic (exact) mass is 407 g/mol. The first-order chi connectivity index (χ1) is 12.2. The van der Waals surface area contributed by atoms with Crippen LogP contribution in [-0.2, 0) is 6.54 Å². The van der Waals surface area contributed by atoms with Gasteiger partial charge >= 0.3 is 0 Å². The predicted octanol–water partition coefficient (Wildman–Crippen LogP) is 2.72. The summed E-state index contributed by atoms with van der Waals surface area (Å²) in [5.74, 6) is 0.0190. The van der Waals surface area contributed by atoms with Crippen LogP contribution >= 0.6 is 24.8 Å². The Kier molecular flexibility index (Phi) is 7.07. The Balaban J connectivity index is 0.00000131. The molecule has 1 aliphatic heterocycles. The van der Waals surface area contributed by atoms with E-state index in [1.54, 1.807) is 12.1 Å². The van der Waals surface area contributed by atoms with E-state index in [-0.39, 0.29) is 30.7 Å². The standard InChI is InChI=1S/C19H21N5O.2ClH/c20-17-6-2-1-5-16(17)19(25)23-11-9-22(10-12-23)13-15-14-24-8-4-3-7-18(24)21-15;;/h1-8,14H,9-13,20H2;2*1H. The summed E-state index contributed by atoms with van der Waals surface area (Å²) in [6, 6.07) is 13.3. The van der Waals surface area contributed by atoms with E-state index in [1.165, 1.54) is 0 Å². The Bertz CT molecular complexity index is 873. The van der Waals surface area contributed by atoms with Crippen LogP contribution in [0.4, 0.5) is 5.69 Å². The topological polar surface area (TPSA) is 66.9 Å². The fourth-order valence-corrected chi connectivity index (χ4v) is 3.26. The number of amides is 1. The molecule has 3 heterocycles. The van der Waals surface area contributed by atoms with E-state index in [0.29, 0.717) is 24.3 Å². The molecule has 0 bridgehead atoms. The second kappa shape index (κ2) is 9.08. The molecule has 4 rings (SSSR count). The van der Waals surface area contributed by atoms with Crippen molar-refractivity contribution in [3.63, 3.8) is 0 Å². The van der Waals surface area contributed by atoms with Crippen molar-refractivity contribution < 1.29 is 4.79 Å².